The van der Waals surface area contributed by atoms with E-state index in [1.807, 2.05) is 0 Å². The van der Waals surface area contributed by atoms with Gasteiger partial charge >= 0.3 is 11.9 Å². The lowest BCUT2D eigenvalue weighted by atomic mass is 10.2. The van der Waals surface area contributed by atoms with E-state index in [2.05, 4.69) is 0 Å². The number of carboxylic acids is 2. The van der Waals surface area contributed by atoms with Crippen molar-refractivity contribution < 1.29 is 19.8 Å². The van der Waals surface area contributed by atoms with Crippen LogP contribution < -0.4 is 5.73 Å². The van der Waals surface area contributed by atoms with E-state index in [1.54, 1.807) is 0 Å². The lowest BCUT2D eigenvalue weighted by molar-refractivity contribution is -0.140. The molecule has 1 aliphatic carbocycles. The predicted molar refractivity (Wildman–Crippen MR) is 39.5 cm³/mol. The van der Waals surface area contributed by atoms with Crippen molar-refractivity contribution >= 4 is 11.9 Å². The van der Waals surface area contributed by atoms with Crippen molar-refractivity contribution in [3.05, 3.63) is 0 Å². The van der Waals surface area contributed by atoms with Gasteiger partial charge in [-0.15, -0.1) is 0 Å². The van der Waals surface area contributed by atoms with Gasteiger partial charge in [-0.1, -0.05) is 0 Å². The average molecular weight is 173 g/mol. The van der Waals surface area contributed by atoms with Crippen molar-refractivity contribution in [2.75, 3.05) is 0 Å². The molecule has 0 spiro atoms. The van der Waals surface area contributed by atoms with E-state index in [0.29, 0.717) is 6.42 Å². The van der Waals surface area contributed by atoms with Gasteiger partial charge in [0.1, 0.15) is 0 Å². The number of carboxylic acid groups (broad SMARTS) is 2. The van der Waals surface area contributed by atoms with Crippen LogP contribution in [0.15, 0.2) is 0 Å². The molecule has 1 fully saturated rings. The second-order valence-electron chi connectivity index (χ2n) is 3.04. The molecule has 0 amide bonds. The Morgan fingerprint density at radius 2 is 1.92 bits per heavy atom. The fourth-order valence-electron chi connectivity index (χ4n) is 1.41. The summed E-state index contributed by atoms with van der Waals surface area (Å²) >= 11 is 0. The number of nitrogens with two attached hydrogens (primary N) is 1. The highest BCUT2D eigenvalue weighted by Gasteiger charge is 2.52. The first-order chi connectivity index (χ1) is 5.54. The van der Waals surface area contributed by atoms with Crippen molar-refractivity contribution in [1.82, 2.24) is 0 Å². The molecule has 1 saturated carbocycles. The Bertz CT molecular complexity index is 215. The molecule has 5 nitrogen and oxygen atoms in total. The topological polar surface area (TPSA) is 101 Å². The van der Waals surface area contributed by atoms with Gasteiger partial charge in [0, 0.05) is 12.5 Å². The third kappa shape index (κ3) is 1.73. The minimum Gasteiger partial charge on any atom is -0.481 e. The van der Waals surface area contributed by atoms with Gasteiger partial charge in [-0.3, -0.25) is 9.59 Å². The lowest BCUT2D eigenvalue weighted by Crippen LogP contribution is -2.08. The number of hydrogen-bond donors (Lipinski definition) is 3. The minimum absolute atomic E-state index is 0.00213. The molecule has 0 unspecified atom stereocenters. The summed E-state index contributed by atoms with van der Waals surface area (Å²) in [6.45, 7) is 0. The smallest absolute Gasteiger partial charge is 0.308 e. The molecule has 12 heavy (non-hydrogen) atoms. The molecule has 4 N–H and O–H groups in total. The maximum atomic E-state index is 10.4. The maximum absolute atomic E-state index is 10.4. The van der Waals surface area contributed by atoms with Crippen molar-refractivity contribution in [3.8, 4) is 0 Å². The fraction of sp³-hybridized carbons (Fsp3) is 0.714. The van der Waals surface area contributed by atoms with Crippen molar-refractivity contribution in [2.24, 2.45) is 17.6 Å². The van der Waals surface area contributed by atoms with Crippen LogP contribution in [-0.2, 0) is 9.59 Å². The maximum Gasteiger partial charge on any atom is 0.308 e. The van der Waals surface area contributed by atoms with Gasteiger partial charge in [0.25, 0.3) is 0 Å². The SMILES string of the molecule is N[C@H]1[C@@H](CCC(=O)O)[C@@H]1C(=O)O. The fourth-order valence-corrected chi connectivity index (χ4v) is 1.41. The first-order valence-corrected chi connectivity index (χ1v) is 3.74. The highest BCUT2D eigenvalue weighted by molar-refractivity contribution is 5.75. The Morgan fingerprint density at radius 3 is 2.25 bits per heavy atom. The summed E-state index contributed by atoms with van der Waals surface area (Å²) in [5, 5.41) is 16.8. The number of aliphatic carboxylic acids is 2. The molecule has 0 aromatic heterocycles. The van der Waals surface area contributed by atoms with Crippen LogP contribution in [0.25, 0.3) is 0 Å². The van der Waals surface area contributed by atoms with E-state index in [0.717, 1.165) is 0 Å². The molecule has 3 atom stereocenters. The van der Waals surface area contributed by atoms with Crippen LogP contribution in [0.4, 0.5) is 0 Å². The van der Waals surface area contributed by atoms with Crippen LogP contribution in [0.1, 0.15) is 12.8 Å². The van der Waals surface area contributed by atoms with Gasteiger partial charge < -0.3 is 15.9 Å². The number of rotatable bonds is 4. The lowest BCUT2D eigenvalue weighted by Gasteiger charge is -1.91. The molecule has 0 heterocycles. The van der Waals surface area contributed by atoms with Crippen molar-refractivity contribution in [2.45, 2.75) is 18.9 Å². The summed E-state index contributed by atoms with van der Waals surface area (Å²) in [4.78, 5) is 20.5. The summed E-state index contributed by atoms with van der Waals surface area (Å²) < 4.78 is 0. The van der Waals surface area contributed by atoms with E-state index < -0.39 is 17.9 Å². The van der Waals surface area contributed by atoms with Crippen LogP contribution in [0.5, 0.6) is 0 Å². The molecule has 0 aromatic rings. The predicted octanol–water partition coefficient (Wildman–Crippen LogP) is -0.491. The number of hydrogen-bond acceptors (Lipinski definition) is 3. The second-order valence-corrected chi connectivity index (χ2v) is 3.04. The third-order valence-corrected chi connectivity index (χ3v) is 2.21. The number of carbonyl (C=O) groups is 2. The van der Waals surface area contributed by atoms with E-state index >= 15 is 0 Å². The molecule has 0 radical (unpaired) electrons. The van der Waals surface area contributed by atoms with Gasteiger partial charge in [-0.25, -0.2) is 0 Å². The second kappa shape index (κ2) is 3.10. The molecular weight excluding hydrogens is 162 g/mol. The summed E-state index contributed by atoms with van der Waals surface area (Å²) in [7, 11) is 0. The van der Waals surface area contributed by atoms with Crippen LogP contribution in [-0.4, -0.2) is 28.2 Å². The van der Waals surface area contributed by atoms with Gasteiger partial charge in [0.2, 0.25) is 0 Å². The molecule has 68 valence electrons. The zero-order valence-electron chi connectivity index (χ0n) is 6.43. The summed E-state index contributed by atoms with van der Waals surface area (Å²) in [6.07, 6.45) is 0.371. The molecule has 1 rings (SSSR count). The molecule has 5 heteroatoms. The Balaban J connectivity index is 2.29. The van der Waals surface area contributed by atoms with Gasteiger partial charge in [0.05, 0.1) is 5.92 Å². The first kappa shape index (κ1) is 8.99. The molecule has 0 bridgehead atoms. The molecule has 0 aliphatic heterocycles. The molecule has 0 aromatic carbocycles. The summed E-state index contributed by atoms with van der Waals surface area (Å²) in [5.74, 6) is -2.49. The molecular formula is C7H11NO4. The zero-order valence-corrected chi connectivity index (χ0v) is 6.43. The molecule has 0 saturated heterocycles. The van der Waals surface area contributed by atoms with Crippen LogP contribution in [0.3, 0.4) is 0 Å². The largest absolute Gasteiger partial charge is 0.481 e. The van der Waals surface area contributed by atoms with Crippen molar-refractivity contribution in [3.63, 3.8) is 0 Å². The average Bonchev–Trinajstić information content (AvgIpc) is 2.57. The van der Waals surface area contributed by atoms with Crippen LogP contribution in [0, 0.1) is 11.8 Å². The van der Waals surface area contributed by atoms with Crippen LogP contribution >= 0.6 is 0 Å². The van der Waals surface area contributed by atoms with E-state index in [-0.39, 0.29) is 18.4 Å². The first-order valence-electron chi connectivity index (χ1n) is 3.74. The Labute approximate surface area is 69.2 Å². The summed E-state index contributed by atoms with van der Waals surface area (Å²) in [5.41, 5.74) is 5.42. The standard InChI is InChI=1S/C7H11NO4/c8-6-3(1-2-4(9)10)5(6)7(11)12/h3,5-6H,1-2,8H2,(H,9,10)(H,11,12)/t3-,5-,6-/m0/s1. The highest BCUT2D eigenvalue weighted by atomic mass is 16.4. The van der Waals surface area contributed by atoms with Crippen LogP contribution in [0.2, 0.25) is 0 Å². The zero-order chi connectivity index (χ0) is 9.30. The Morgan fingerprint density at radius 1 is 1.33 bits per heavy atom. The van der Waals surface area contributed by atoms with Gasteiger partial charge in [0.15, 0.2) is 0 Å². The summed E-state index contributed by atoms with van der Waals surface area (Å²) in [6, 6.07) is -0.346. The van der Waals surface area contributed by atoms with Gasteiger partial charge in [-0.2, -0.15) is 0 Å². The molecule has 1 aliphatic rings. The monoisotopic (exact) mass is 173 g/mol. The quantitative estimate of drug-likeness (QED) is 0.532. The highest BCUT2D eigenvalue weighted by Crippen LogP contribution is 2.40. The Kier molecular flexibility index (Phi) is 2.32. The van der Waals surface area contributed by atoms with E-state index in [1.165, 1.54) is 0 Å². The van der Waals surface area contributed by atoms with Gasteiger partial charge in [-0.05, 0) is 12.3 Å². The van der Waals surface area contributed by atoms with E-state index in [4.69, 9.17) is 15.9 Å². The van der Waals surface area contributed by atoms with E-state index in [9.17, 15) is 9.59 Å². The minimum atomic E-state index is -0.919. The van der Waals surface area contributed by atoms with Crippen molar-refractivity contribution in [1.29, 1.82) is 0 Å². The Hall–Kier alpha value is -1.10. The normalized spacial score (nSPS) is 32.9. The third-order valence-electron chi connectivity index (χ3n) is 2.21.